The largest absolute Gasteiger partial charge is 0.342 e. The van der Waals surface area contributed by atoms with E-state index in [1.807, 2.05) is 6.07 Å². The van der Waals surface area contributed by atoms with Crippen molar-refractivity contribution in [3.05, 3.63) is 75.1 Å². The lowest BCUT2D eigenvalue weighted by Crippen LogP contribution is -2.09. The van der Waals surface area contributed by atoms with E-state index in [0.717, 1.165) is 23.7 Å². The zero-order valence-electron chi connectivity index (χ0n) is 21.5. The van der Waals surface area contributed by atoms with Gasteiger partial charge < -0.3 is 9.13 Å². The Kier molecular flexibility index (Phi) is 6.43. The topological polar surface area (TPSA) is 53.0 Å². The first-order chi connectivity index (χ1) is 16.9. The number of hydrogen-bond acceptors (Lipinski definition) is 2. The number of aryl methyl sites for hydroxylation is 2. The van der Waals surface area contributed by atoms with Crippen molar-refractivity contribution in [3.63, 3.8) is 0 Å². The summed E-state index contributed by atoms with van der Waals surface area (Å²) in [5.74, 6) is 0. The van der Waals surface area contributed by atoms with E-state index in [1.54, 1.807) is 23.4 Å². The predicted octanol–water partition coefficient (Wildman–Crippen LogP) is 8.11. The molecule has 184 valence electrons. The third-order valence-electron chi connectivity index (χ3n) is 7.76. The normalized spacial score (nSPS) is 15.3. The second kappa shape index (κ2) is 9.52. The number of nitro groups is 1. The van der Waals surface area contributed by atoms with E-state index in [0.29, 0.717) is 12.1 Å². The molecular weight excluding hydrogens is 434 g/mol. The van der Waals surface area contributed by atoms with E-state index in [9.17, 15) is 10.1 Å². The van der Waals surface area contributed by atoms with Crippen molar-refractivity contribution in [1.82, 2.24) is 9.13 Å². The standard InChI is InChI=1S/C15H18N2O2.C15H19N/c1-10(2)16-14-6-4-3-5-12(14)13-9-11(17(18)19)7-8-15(13)16;1-11(2)16-14-9-5-3-7-12(14)13-8-4-6-10-15(13)16/h7-10H,3-6H2,1-2H3;3,5,7,9,11H,4,6,8,10H2,1-2H3. The minimum atomic E-state index is -0.304. The minimum absolute atomic E-state index is 0.196. The smallest absolute Gasteiger partial charge is 0.270 e. The Morgan fingerprint density at radius 2 is 1.23 bits per heavy atom. The number of hydrogen-bond donors (Lipinski definition) is 0. The first-order valence-corrected chi connectivity index (χ1v) is 13.3. The lowest BCUT2D eigenvalue weighted by Gasteiger charge is -2.18. The van der Waals surface area contributed by atoms with Gasteiger partial charge in [-0.3, -0.25) is 10.1 Å². The monoisotopic (exact) mass is 471 g/mol. The van der Waals surface area contributed by atoms with E-state index in [2.05, 4.69) is 61.1 Å². The molecule has 5 heteroatoms. The van der Waals surface area contributed by atoms with E-state index in [4.69, 9.17) is 0 Å². The average molecular weight is 472 g/mol. The van der Waals surface area contributed by atoms with Gasteiger partial charge in [-0.15, -0.1) is 0 Å². The summed E-state index contributed by atoms with van der Waals surface area (Å²) in [7, 11) is 0. The minimum Gasteiger partial charge on any atom is -0.342 e. The molecule has 2 aliphatic rings. The molecule has 0 saturated heterocycles. The molecule has 4 aromatic rings. The van der Waals surface area contributed by atoms with Crippen LogP contribution in [0.2, 0.25) is 0 Å². The summed E-state index contributed by atoms with van der Waals surface area (Å²) >= 11 is 0. The quantitative estimate of drug-likeness (QED) is 0.224. The van der Waals surface area contributed by atoms with Crippen molar-refractivity contribution in [2.24, 2.45) is 0 Å². The maximum Gasteiger partial charge on any atom is 0.270 e. The molecule has 0 fully saturated rings. The first kappa shape index (κ1) is 23.7. The van der Waals surface area contributed by atoms with Crippen LogP contribution in [0.1, 0.15) is 88.0 Å². The van der Waals surface area contributed by atoms with Gasteiger partial charge in [0.1, 0.15) is 0 Å². The van der Waals surface area contributed by atoms with Gasteiger partial charge in [-0.1, -0.05) is 18.2 Å². The number of non-ortho nitro benzene ring substituents is 1. The lowest BCUT2D eigenvalue weighted by atomic mass is 9.95. The molecule has 2 aromatic carbocycles. The summed E-state index contributed by atoms with van der Waals surface area (Å²) in [6.45, 7) is 8.94. The summed E-state index contributed by atoms with van der Waals surface area (Å²) in [4.78, 5) is 10.6. The molecule has 35 heavy (non-hydrogen) atoms. The van der Waals surface area contributed by atoms with Crippen LogP contribution in [-0.2, 0) is 25.7 Å². The molecule has 0 N–H and O–H groups in total. The summed E-state index contributed by atoms with van der Waals surface area (Å²) in [5, 5.41) is 13.5. The van der Waals surface area contributed by atoms with Gasteiger partial charge in [0.15, 0.2) is 0 Å². The van der Waals surface area contributed by atoms with Gasteiger partial charge >= 0.3 is 0 Å². The van der Waals surface area contributed by atoms with Crippen LogP contribution in [0.4, 0.5) is 5.69 Å². The van der Waals surface area contributed by atoms with E-state index >= 15 is 0 Å². The Hall–Kier alpha value is -3.08. The number of aromatic nitrogens is 2. The Bertz CT molecular complexity index is 1390. The highest BCUT2D eigenvalue weighted by Gasteiger charge is 2.23. The number of nitro benzene ring substituents is 1. The molecule has 2 aromatic heterocycles. The number of rotatable bonds is 3. The van der Waals surface area contributed by atoms with Crippen LogP contribution in [0.3, 0.4) is 0 Å². The van der Waals surface area contributed by atoms with Gasteiger partial charge in [0, 0.05) is 57.4 Å². The summed E-state index contributed by atoms with van der Waals surface area (Å²) in [6, 6.07) is 15.1. The van der Waals surface area contributed by atoms with Crippen LogP contribution in [0.15, 0.2) is 42.5 Å². The average Bonchev–Trinajstić information content (AvgIpc) is 3.37. The molecular formula is C30H37N3O2. The maximum atomic E-state index is 11.0. The van der Waals surface area contributed by atoms with Gasteiger partial charge in [0.05, 0.1) is 4.92 Å². The van der Waals surface area contributed by atoms with Crippen LogP contribution in [-0.4, -0.2) is 14.1 Å². The van der Waals surface area contributed by atoms with Gasteiger partial charge in [-0.05, 0) is 102 Å². The van der Waals surface area contributed by atoms with Gasteiger partial charge in [0.2, 0.25) is 0 Å². The number of benzene rings is 2. The van der Waals surface area contributed by atoms with E-state index in [1.165, 1.54) is 60.7 Å². The molecule has 2 aliphatic carbocycles. The summed E-state index contributed by atoms with van der Waals surface area (Å²) in [6.07, 6.45) is 9.81. The van der Waals surface area contributed by atoms with Crippen LogP contribution in [0.5, 0.6) is 0 Å². The van der Waals surface area contributed by atoms with Gasteiger partial charge in [0.25, 0.3) is 5.69 Å². The molecule has 0 amide bonds. The Balaban J connectivity index is 0.000000147. The second-order valence-electron chi connectivity index (χ2n) is 10.7. The van der Waals surface area contributed by atoms with Crippen LogP contribution < -0.4 is 0 Å². The highest BCUT2D eigenvalue weighted by Crippen LogP contribution is 2.36. The van der Waals surface area contributed by atoms with Crippen LogP contribution in [0, 0.1) is 10.1 Å². The Morgan fingerprint density at radius 3 is 1.80 bits per heavy atom. The molecule has 0 unspecified atom stereocenters. The number of fused-ring (bicyclic) bond motifs is 6. The highest BCUT2D eigenvalue weighted by atomic mass is 16.6. The SMILES string of the molecule is CC(C)n1c2c(c3cc([N+](=O)[O-])ccc31)CCCC2.CC(C)n1c2c(c3ccccc31)CCCC2. The predicted molar refractivity (Wildman–Crippen MR) is 145 cm³/mol. The van der Waals surface area contributed by atoms with Crippen molar-refractivity contribution in [2.75, 3.05) is 0 Å². The van der Waals surface area contributed by atoms with Crippen LogP contribution >= 0.6 is 0 Å². The highest BCUT2D eigenvalue weighted by molar-refractivity contribution is 5.88. The zero-order valence-corrected chi connectivity index (χ0v) is 21.5. The Labute approximate surface area is 207 Å². The molecule has 2 heterocycles. The zero-order chi connectivity index (χ0) is 24.7. The lowest BCUT2D eigenvalue weighted by molar-refractivity contribution is -0.384. The van der Waals surface area contributed by atoms with Crippen molar-refractivity contribution < 1.29 is 4.92 Å². The third kappa shape index (κ3) is 4.15. The van der Waals surface area contributed by atoms with Gasteiger partial charge in [-0.25, -0.2) is 0 Å². The molecule has 6 rings (SSSR count). The fraction of sp³-hybridized carbons (Fsp3) is 0.467. The molecule has 5 nitrogen and oxygen atoms in total. The number of para-hydroxylation sites is 1. The fourth-order valence-electron chi connectivity index (χ4n) is 6.39. The summed E-state index contributed by atoms with van der Waals surface area (Å²) < 4.78 is 4.90. The van der Waals surface area contributed by atoms with E-state index < -0.39 is 0 Å². The van der Waals surface area contributed by atoms with Crippen molar-refractivity contribution in [2.45, 2.75) is 91.1 Å². The third-order valence-corrected chi connectivity index (χ3v) is 7.76. The molecule has 0 saturated carbocycles. The van der Waals surface area contributed by atoms with Crippen molar-refractivity contribution >= 4 is 27.5 Å². The van der Waals surface area contributed by atoms with Crippen molar-refractivity contribution in [3.8, 4) is 0 Å². The molecule has 0 bridgehead atoms. The van der Waals surface area contributed by atoms with Crippen LogP contribution in [0.25, 0.3) is 21.8 Å². The molecule has 0 spiro atoms. The second-order valence-corrected chi connectivity index (χ2v) is 10.7. The fourth-order valence-corrected chi connectivity index (χ4v) is 6.39. The van der Waals surface area contributed by atoms with Crippen molar-refractivity contribution in [1.29, 1.82) is 0 Å². The maximum absolute atomic E-state index is 11.0. The Morgan fingerprint density at radius 1 is 0.714 bits per heavy atom. The number of nitrogens with zero attached hydrogens (tertiary/aromatic N) is 3. The van der Waals surface area contributed by atoms with Gasteiger partial charge in [-0.2, -0.15) is 0 Å². The molecule has 0 atom stereocenters. The first-order valence-electron chi connectivity index (χ1n) is 13.3. The summed E-state index contributed by atoms with van der Waals surface area (Å²) in [5.41, 5.74) is 8.71. The molecule has 0 aliphatic heterocycles. The van der Waals surface area contributed by atoms with E-state index in [-0.39, 0.29) is 10.6 Å². The molecule has 0 radical (unpaired) electrons.